The van der Waals surface area contributed by atoms with E-state index in [0.717, 1.165) is 35.2 Å². The molecular weight excluding hydrogens is 374 g/mol. The quantitative estimate of drug-likeness (QED) is 0.498. The Morgan fingerprint density at radius 3 is 2.46 bits per heavy atom. The van der Waals surface area contributed by atoms with Crippen LogP contribution in [-0.4, -0.2) is 21.9 Å². The van der Waals surface area contributed by atoms with Crippen molar-refractivity contribution in [3.63, 3.8) is 0 Å². The van der Waals surface area contributed by atoms with E-state index in [-0.39, 0.29) is 16.9 Å². The van der Waals surface area contributed by atoms with E-state index in [2.05, 4.69) is 0 Å². The van der Waals surface area contributed by atoms with Gasteiger partial charge in [-0.25, -0.2) is 8.78 Å². The molecule has 0 aliphatic carbocycles. The number of carbonyl (C=O) groups excluding carboxylic acids is 1. The Morgan fingerprint density at radius 1 is 1.31 bits per heavy atom. The topological polar surface area (TPSA) is 101 Å². The second-order valence-electron chi connectivity index (χ2n) is 5.53. The Hall–Kier alpha value is -3.07. The number of nitro benzene ring substituents is 1. The summed E-state index contributed by atoms with van der Waals surface area (Å²) in [5.74, 6) is -5.74. The minimum atomic E-state index is -1.58. The standard InChI is InChI=1S/C16H9ClF2N2O5/c17-12-11(19)6-7-5-10(16(23)24)15(22)20(13(7)14(12)21(25)26)9-3-1-8(18)2-4-9/h1-4,6,10H,5H2,(H,23,24). The highest BCUT2D eigenvalue weighted by molar-refractivity contribution is 6.34. The van der Waals surface area contributed by atoms with Crippen LogP contribution < -0.4 is 4.90 Å². The van der Waals surface area contributed by atoms with Crippen molar-refractivity contribution in [1.29, 1.82) is 0 Å². The maximum Gasteiger partial charge on any atom is 0.316 e. The third-order valence-electron chi connectivity index (χ3n) is 3.98. The lowest BCUT2D eigenvalue weighted by Gasteiger charge is -2.32. The molecule has 0 saturated heterocycles. The Bertz CT molecular complexity index is 949. The van der Waals surface area contributed by atoms with Crippen LogP contribution in [0.3, 0.4) is 0 Å². The predicted molar refractivity (Wildman–Crippen MR) is 86.4 cm³/mol. The molecule has 26 heavy (non-hydrogen) atoms. The minimum absolute atomic E-state index is 0.00521. The molecule has 134 valence electrons. The molecule has 1 amide bonds. The number of rotatable bonds is 3. The lowest BCUT2D eigenvalue weighted by Crippen LogP contribution is -2.42. The Balaban J connectivity index is 2.34. The second-order valence-corrected chi connectivity index (χ2v) is 5.91. The fourth-order valence-electron chi connectivity index (χ4n) is 2.84. The monoisotopic (exact) mass is 382 g/mol. The maximum atomic E-state index is 14.0. The Kier molecular flexibility index (Phi) is 4.33. The van der Waals surface area contributed by atoms with Crippen LogP contribution in [-0.2, 0) is 16.0 Å². The third kappa shape index (κ3) is 2.76. The summed E-state index contributed by atoms with van der Waals surface area (Å²) in [6.07, 6.45) is -0.434. The lowest BCUT2D eigenvalue weighted by molar-refractivity contribution is -0.384. The zero-order valence-electron chi connectivity index (χ0n) is 12.8. The zero-order valence-corrected chi connectivity index (χ0v) is 13.5. The molecule has 0 saturated carbocycles. The van der Waals surface area contributed by atoms with E-state index in [4.69, 9.17) is 11.6 Å². The van der Waals surface area contributed by atoms with Crippen molar-refractivity contribution in [2.75, 3.05) is 4.90 Å². The number of aliphatic carboxylic acids is 1. The molecule has 1 atom stereocenters. The van der Waals surface area contributed by atoms with Gasteiger partial charge in [-0.2, -0.15) is 0 Å². The lowest BCUT2D eigenvalue weighted by atomic mass is 9.90. The van der Waals surface area contributed by atoms with E-state index >= 15 is 0 Å². The van der Waals surface area contributed by atoms with Gasteiger partial charge in [0.25, 0.3) is 0 Å². The SMILES string of the molecule is O=C(O)C1Cc2cc(F)c(Cl)c([N+](=O)[O-])c2N(c2ccc(F)cc2)C1=O. The van der Waals surface area contributed by atoms with Crippen molar-refractivity contribution in [3.05, 3.63) is 62.7 Å². The summed E-state index contributed by atoms with van der Waals surface area (Å²) >= 11 is 5.72. The summed E-state index contributed by atoms with van der Waals surface area (Å²) in [4.78, 5) is 35.3. The van der Waals surface area contributed by atoms with E-state index < -0.39 is 51.5 Å². The second kappa shape index (κ2) is 6.34. The minimum Gasteiger partial charge on any atom is -0.481 e. The largest absolute Gasteiger partial charge is 0.481 e. The molecule has 0 radical (unpaired) electrons. The molecule has 0 aromatic heterocycles. The van der Waals surface area contributed by atoms with Crippen LogP contribution >= 0.6 is 11.6 Å². The van der Waals surface area contributed by atoms with Crippen LogP contribution in [0, 0.1) is 27.7 Å². The van der Waals surface area contributed by atoms with E-state index in [9.17, 15) is 33.6 Å². The van der Waals surface area contributed by atoms with Gasteiger partial charge in [0.1, 0.15) is 23.2 Å². The summed E-state index contributed by atoms with van der Waals surface area (Å²) in [7, 11) is 0. The van der Waals surface area contributed by atoms with Gasteiger partial charge >= 0.3 is 11.7 Å². The number of carboxylic acids is 1. The highest BCUT2D eigenvalue weighted by Gasteiger charge is 2.43. The summed E-state index contributed by atoms with van der Waals surface area (Å²) in [5.41, 5.74) is -1.25. The average molecular weight is 383 g/mol. The van der Waals surface area contributed by atoms with Gasteiger partial charge in [0.15, 0.2) is 5.02 Å². The molecular formula is C16H9ClF2N2O5. The smallest absolute Gasteiger partial charge is 0.316 e. The molecule has 1 unspecified atom stereocenters. The molecule has 10 heteroatoms. The van der Waals surface area contributed by atoms with Gasteiger partial charge in [0, 0.05) is 5.69 Å². The molecule has 0 bridgehead atoms. The van der Waals surface area contributed by atoms with Gasteiger partial charge in [-0.3, -0.25) is 24.6 Å². The predicted octanol–water partition coefficient (Wildman–Crippen LogP) is 3.45. The fourth-order valence-corrected chi connectivity index (χ4v) is 3.05. The number of carbonyl (C=O) groups is 2. The van der Waals surface area contributed by atoms with Crippen LogP contribution in [0.1, 0.15) is 5.56 Å². The van der Waals surface area contributed by atoms with Gasteiger partial charge in [-0.1, -0.05) is 11.6 Å². The normalized spacial score (nSPS) is 16.3. The summed E-state index contributed by atoms with van der Waals surface area (Å²) in [6.45, 7) is 0. The van der Waals surface area contributed by atoms with Crippen LogP contribution in [0.15, 0.2) is 30.3 Å². The maximum absolute atomic E-state index is 14.0. The molecule has 2 aromatic carbocycles. The van der Waals surface area contributed by atoms with Gasteiger partial charge in [0.2, 0.25) is 5.91 Å². The van der Waals surface area contributed by atoms with E-state index in [0.29, 0.717) is 0 Å². The summed E-state index contributed by atoms with van der Waals surface area (Å²) < 4.78 is 27.2. The number of carboxylic acid groups (broad SMARTS) is 1. The van der Waals surface area contributed by atoms with Crippen molar-refractivity contribution in [2.24, 2.45) is 5.92 Å². The van der Waals surface area contributed by atoms with Gasteiger partial charge in [-0.05, 0) is 42.3 Å². The van der Waals surface area contributed by atoms with Crippen LogP contribution in [0.4, 0.5) is 25.8 Å². The average Bonchev–Trinajstić information content (AvgIpc) is 2.57. The molecule has 0 spiro atoms. The van der Waals surface area contributed by atoms with Crippen LogP contribution in [0.25, 0.3) is 0 Å². The molecule has 1 N–H and O–H groups in total. The highest BCUT2D eigenvalue weighted by Crippen LogP contribution is 2.46. The van der Waals surface area contributed by atoms with Crippen molar-refractivity contribution < 1.29 is 28.4 Å². The number of fused-ring (bicyclic) bond motifs is 1. The number of amides is 1. The van der Waals surface area contributed by atoms with Gasteiger partial charge in [-0.15, -0.1) is 0 Å². The van der Waals surface area contributed by atoms with E-state index in [1.165, 1.54) is 0 Å². The van der Waals surface area contributed by atoms with Gasteiger partial charge in [0.05, 0.1) is 4.92 Å². The van der Waals surface area contributed by atoms with Crippen molar-refractivity contribution in [3.8, 4) is 0 Å². The molecule has 1 aliphatic rings. The zero-order chi connectivity index (χ0) is 19.2. The van der Waals surface area contributed by atoms with Crippen LogP contribution in [0.2, 0.25) is 5.02 Å². The van der Waals surface area contributed by atoms with Crippen LogP contribution in [0.5, 0.6) is 0 Å². The number of nitrogens with zero attached hydrogens (tertiary/aromatic N) is 2. The Labute approximate surface area is 149 Å². The fraction of sp³-hybridized carbons (Fsp3) is 0.125. The first-order chi connectivity index (χ1) is 12.2. The number of nitro groups is 1. The number of hydrogen-bond acceptors (Lipinski definition) is 4. The first-order valence-electron chi connectivity index (χ1n) is 7.20. The number of hydrogen-bond donors (Lipinski definition) is 1. The third-order valence-corrected chi connectivity index (χ3v) is 4.34. The van der Waals surface area contributed by atoms with E-state index in [1.807, 2.05) is 0 Å². The number of anilines is 2. The van der Waals surface area contributed by atoms with Crippen molar-refractivity contribution >= 4 is 40.5 Å². The molecule has 1 aliphatic heterocycles. The summed E-state index contributed by atoms with van der Waals surface area (Å²) in [6, 6.07) is 5.18. The Morgan fingerprint density at radius 2 is 1.92 bits per heavy atom. The summed E-state index contributed by atoms with van der Waals surface area (Å²) in [5, 5.41) is 19.9. The number of benzene rings is 2. The first-order valence-corrected chi connectivity index (χ1v) is 7.57. The molecule has 3 rings (SSSR count). The molecule has 2 aromatic rings. The molecule has 0 fully saturated rings. The van der Waals surface area contributed by atoms with E-state index in [1.54, 1.807) is 0 Å². The number of halogens is 3. The first kappa shape index (κ1) is 17.7. The molecule has 7 nitrogen and oxygen atoms in total. The van der Waals surface area contributed by atoms with Crippen molar-refractivity contribution in [1.82, 2.24) is 0 Å². The van der Waals surface area contributed by atoms with Crippen molar-refractivity contribution in [2.45, 2.75) is 6.42 Å². The van der Waals surface area contributed by atoms with Gasteiger partial charge < -0.3 is 5.11 Å². The highest BCUT2D eigenvalue weighted by atomic mass is 35.5. The molecule has 1 heterocycles.